The van der Waals surface area contributed by atoms with Crippen LogP contribution in [0.25, 0.3) is 0 Å². The number of hydrogen-bond acceptors (Lipinski definition) is 3. The molecule has 2 aliphatic rings. The van der Waals surface area contributed by atoms with Crippen molar-refractivity contribution in [1.82, 2.24) is 10.2 Å². The van der Waals surface area contributed by atoms with E-state index >= 15 is 0 Å². The zero-order valence-corrected chi connectivity index (χ0v) is 16.9. The Hall–Kier alpha value is -1.20. The van der Waals surface area contributed by atoms with Gasteiger partial charge < -0.3 is 10.2 Å². The number of amides is 2. The van der Waals surface area contributed by atoms with Crippen LogP contribution in [-0.4, -0.2) is 39.8 Å². The van der Waals surface area contributed by atoms with Gasteiger partial charge in [-0.3, -0.25) is 9.59 Å². The number of halogens is 1. The molecule has 1 N–H and O–H groups in total. The second-order valence-electron chi connectivity index (χ2n) is 7.49. The fourth-order valence-electron chi connectivity index (χ4n) is 3.73. The van der Waals surface area contributed by atoms with Crippen LogP contribution in [-0.2, 0) is 16.1 Å². The lowest BCUT2D eigenvalue weighted by Crippen LogP contribution is -2.61. The van der Waals surface area contributed by atoms with E-state index in [-0.39, 0.29) is 17.9 Å². The van der Waals surface area contributed by atoms with Gasteiger partial charge in [0.1, 0.15) is 5.54 Å². The number of hydrogen-bond donors (Lipinski definition) is 1. The van der Waals surface area contributed by atoms with Crippen LogP contribution in [0.2, 0.25) is 5.02 Å². The molecule has 2 amide bonds. The summed E-state index contributed by atoms with van der Waals surface area (Å²) >= 11 is 7.67. The quantitative estimate of drug-likeness (QED) is 0.839. The van der Waals surface area contributed by atoms with Crippen molar-refractivity contribution in [3.63, 3.8) is 0 Å². The van der Waals surface area contributed by atoms with Crippen molar-refractivity contribution in [3.8, 4) is 0 Å². The summed E-state index contributed by atoms with van der Waals surface area (Å²) < 4.78 is 0. The molecular formula is C20H27ClN2O2S. The van der Waals surface area contributed by atoms with Crippen LogP contribution in [0.5, 0.6) is 0 Å². The van der Waals surface area contributed by atoms with E-state index < -0.39 is 5.54 Å². The molecule has 1 heterocycles. The molecule has 0 aromatic heterocycles. The zero-order chi connectivity index (χ0) is 18.6. The Kier molecular flexibility index (Phi) is 6.51. The van der Waals surface area contributed by atoms with E-state index in [1.807, 2.05) is 31.2 Å². The van der Waals surface area contributed by atoms with Crippen LogP contribution in [0.1, 0.15) is 51.0 Å². The van der Waals surface area contributed by atoms with Gasteiger partial charge in [-0.15, -0.1) is 0 Å². The monoisotopic (exact) mass is 394 g/mol. The van der Waals surface area contributed by atoms with Crippen molar-refractivity contribution >= 4 is 35.2 Å². The second-order valence-corrected chi connectivity index (χ2v) is 9.03. The average molecular weight is 395 g/mol. The summed E-state index contributed by atoms with van der Waals surface area (Å²) in [4.78, 5) is 27.8. The third-order valence-electron chi connectivity index (χ3n) is 5.42. The highest BCUT2D eigenvalue weighted by Gasteiger charge is 2.44. The first kappa shape index (κ1) is 19.6. The van der Waals surface area contributed by atoms with Gasteiger partial charge in [0.2, 0.25) is 11.8 Å². The maximum Gasteiger partial charge on any atom is 0.246 e. The van der Waals surface area contributed by atoms with E-state index in [4.69, 9.17) is 11.6 Å². The molecule has 0 spiro atoms. The molecule has 26 heavy (non-hydrogen) atoms. The molecule has 2 fully saturated rings. The van der Waals surface area contributed by atoms with Gasteiger partial charge in [-0.25, -0.2) is 0 Å². The highest BCUT2D eigenvalue weighted by atomic mass is 35.5. The summed E-state index contributed by atoms with van der Waals surface area (Å²) in [5, 5.41) is 3.91. The minimum atomic E-state index is -0.824. The number of benzene rings is 1. The summed E-state index contributed by atoms with van der Waals surface area (Å²) in [5.41, 5.74) is 0.168. The molecule has 1 saturated carbocycles. The SMILES string of the molecule is CC1(C(=O)NC2CCCCC2)CSCCC(=O)N1Cc1ccc(Cl)cc1. The van der Waals surface area contributed by atoms with E-state index in [1.54, 1.807) is 16.7 Å². The maximum absolute atomic E-state index is 13.2. The molecule has 4 nitrogen and oxygen atoms in total. The minimum Gasteiger partial charge on any atom is -0.351 e. The summed E-state index contributed by atoms with van der Waals surface area (Å²) in [6.45, 7) is 2.35. The molecule has 1 unspecified atom stereocenters. The van der Waals surface area contributed by atoms with Crippen molar-refractivity contribution in [3.05, 3.63) is 34.9 Å². The number of thioether (sulfide) groups is 1. The maximum atomic E-state index is 13.2. The van der Waals surface area contributed by atoms with Crippen LogP contribution in [0.3, 0.4) is 0 Å². The van der Waals surface area contributed by atoms with E-state index in [2.05, 4.69) is 5.32 Å². The van der Waals surface area contributed by atoms with E-state index in [1.165, 1.54) is 19.3 Å². The number of carbonyl (C=O) groups is 2. The Bertz CT molecular complexity index is 646. The van der Waals surface area contributed by atoms with Crippen molar-refractivity contribution in [2.75, 3.05) is 11.5 Å². The average Bonchev–Trinajstić information content (AvgIpc) is 2.78. The minimum absolute atomic E-state index is 0.0129. The fraction of sp³-hybridized carbons (Fsp3) is 0.600. The molecule has 1 aliphatic carbocycles. The van der Waals surface area contributed by atoms with Crippen LogP contribution in [0.15, 0.2) is 24.3 Å². The van der Waals surface area contributed by atoms with Crippen LogP contribution < -0.4 is 5.32 Å². The third kappa shape index (κ3) is 4.55. The number of nitrogens with one attached hydrogen (secondary N) is 1. The Morgan fingerprint density at radius 1 is 1.27 bits per heavy atom. The van der Waals surface area contributed by atoms with E-state index in [0.29, 0.717) is 23.7 Å². The second kappa shape index (κ2) is 8.66. The Balaban J connectivity index is 1.80. The molecule has 1 aliphatic heterocycles. The predicted octanol–water partition coefficient (Wildman–Crippen LogP) is 4.01. The molecule has 1 saturated heterocycles. The van der Waals surface area contributed by atoms with Crippen molar-refractivity contribution < 1.29 is 9.59 Å². The van der Waals surface area contributed by atoms with E-state index in [9.17, 15) is 9.59 Å². The van der Waals surface area contributed by atoms with Gasteiger partial charge in [0.05, 0.1) is 0 Å². The smallest absolute Gasteiger partial charge is 0.246 e. The van der Waals surface area contributed by atoms with Gasteiger partial charge in [-0.05, 0) is 37.5 Å². The highest BCUT2D eigenvalue weighted by Crippen LogP contribution is 2.30. The first-order valence-electron chi connectivity index (χ1n) is 9.43. The summed E-state index contributed by atoms with van der Waals surface area (Å²) in [6, 6.07) is 7.75. The van der Waals surface area contributed by atoms with E-state index in [0.717, 1.165) is 24.2 Å². The molecule has 0 bridgehead atoms. The highest BCUT2D eigenvalue weighted by molar-refractivity contribution is 7.99. The number of carbonyl (C=O) groups excluding carboxylic acids is 2. The Morgan fingerprint density at radius 2 is 1.96 bits per heavy atom. The number of nitrogens with zero attached hydrogens (tertiary/aromatic N) is 1. The summed E-state index contributed by atoms with van der Waals surface area (Å²) in [7, 11) is 0. The van der Waals surface area contributed by atoms with Gasteiger partial charge in [0.25, 0.3) is 0 Å². The van der Waals surface area contributed by atoms with Crippen LogP contribution in [0.4, 0.5) is 0 Å². The summed E-state index contributed by atoms with van der Waals surface area (Å²) in [6.07, 6.45) is 6.15. The molecular weight excluding hydrogens is 368 g/mol. The van der Waals surface area contributed by atoms with Crippen molar-refractivity contribution in [2.45, 2.75) is 63.6 Å². The Labute approximate surface area is 165 Å². The summed E-state index contributed by atoms with van der Waals surface area (Å²) in [5.74, 6) is 1.43. The molecule has 1 atom stereocenters. The first-order chi connectivity index (χ1) is 12.5. The molecule has 0 radical (unpaired) electrons. The lowest BCUT2D eigenvalue weighted by molar-refractivity contribution is -0.146. The number of rotatable bonds is 4. The van der Waals surface area contributed by atoms with Crippen LogP contribution in [0, 0.1) is 0 Å². The molecule has 3 rings (SSSR count). The lowest BCUT2D eigenvalue weighted by Gasteiger charge is -2.40. The van der Waals surface area contributed by atoms with Gasteiger partial charge >= 0.3 is 0 Å². The largest absolute Gasteiger partial charge is 0.351 e. The normalized spacial score (nSPS) is 25.0. The third-order valence-corrected chi connectivity index (χ3v) is 6.93. The molecule has 1 aromatic carbocycles. The van der Waals surface area contributed by atoms with Crippen molar-refractivity contribution in [2.24, 2.45) is 0 Å². The van der Waals surface area contributed by atoms with Crippen molar-refractivity contribution in [1.29, 1.82) is 0 Å². The lowest BCUT2D eigenvalue weighted by atomic mass is 9.93. The Morgan fingerprint density at radius 3 is 2.65 bits per heavy atom. The first-order valence-corrected chi connectivity index (χ1v) is 11.0. The van der Waals surface area contributed by atoms with Gasteiger partial charge in [0, 0.05) is 35.5 Å². The van der Waals surface area contributed by atoms with Gasteiger partial charge in [-0.1, -0.05) is 43.0 Å². The predicted molar refractivity (Wildman–Crippen MR) is 107 cm³/mol. The van der Waals surface area contributed by atoms with Gasteiger partial charge in [-0.2, -0.15) is 11.8 Å². The molecule has 142 valence electrons. The van der Waals surface area contributed by atoms with Gasteiger partial charge in [0.15, 0.2) is 0 Å². The molecule has 1 aromatic rings. The topological polar surface area (TPSA) is 49.4 Å². The van der Waals surface area contributed by atoms with Crippen LogP contribution >= 0.6 is 23.4 Å². The zero-order valence-electron chi connectivity index (χ0n) is 15.3. The molecule has 6 heteroatoms. The standard InChI is InChI=1S/C20H27ClN2O2S/c1-20(19(25)22-17-5-3-2-4-6-17)14-26-12-11-18(24)23(20)13-15-7-9-16(21)10-8-15/h7-10,17H,2-6,11-14H2,1H3,(H,22,25). The fourth-order valence-corrected chi connectivity index (χ4v) is 5.00.